The minimum absolute atomic E-state index is 0.268. The highest BCUT2D eigenvalue weighted by atomic mass is 16.5. The molecule has 0 saturated carbocycles. The van der Waals surface area contributed by atoms with Gasteiger partial charge in [0.2, 0.25) is 0 Å². The van der Waals surface area contributed by atoms with Crippen LogP contribution in [0, 0.1) is 0 Å². The Hall–Kier alpha value is -1.52. The van der Waals surface area contributed by atoms with Crippen molar-refractivity contribution >= 4 is 6.29 Å². The molecule has 1 saturated heterocycles. The number of nitrogens with zero attached hydrogens (tertiary/aromatic N) is 1. The number of ether oxygens (including phenoxy) is 2. The monoisotopic (exact) mass is 287 g/mol. The van der Waals surface area contributed by atoms with Gasteiger partial charge in [-0.05, 0) is 37.8 Å². The van der Waals surface area contributed by atoms with Crippen molar-refractivity contribution in [1.82, 2.24) is 4.98 Å². The number of pyridine rings is 1. The van der Waals surface area contributed by atoms with Gasteiger partial charge in [-0.3, -0.25) is 4.98 Å². The molecular weight excluding hydrogens is 266 g/mol. The highest BCUT2D eigenvalue weighted by Gasteiger charge is 2.51. The zero-order chi connectivity index (χ0) is 14.8. The van der Waals surface area contributed by atoms with E-state index in [0.29, 0.717) is 6.61 Å². The maximum absolute atomic E-state index is 11.6. The van der Waals surface area contributed by atoms with E-state index in [2.05, 4.69) is 17.1 Å². The SMILES string of the molecule is CO[C@@H](C=O)C1(c2ccccn2)CCOC2(C=CCC2)C1. The van der Waals surface area contributed by atoms with E-state index in [1.165, 1.54) is 0 Å². The van der Waals surface area contributed by atoms with E-state index < -0.39 is 11.5 Å². The number of hydrogen-bond acceptors (Lipinski definition) is 4. The Morgan fingerprint density at radius 2 is 2.33 bits per heavy atom. The van der Waals surface area contributed by atoms with Crippen LogP contribution in [-0.4, -0.2) is 36.7 Å². The third kappa shape index (κ3) is 2.43. The van der Waals surface area contributed by atoms with Gasteiger partial charge < -0.3 is 14.3 Å². The molecule has 0 amide bonds. The Morgan fingerprint density at radius 3 is 2.95 bits per heavy atom. The molecule has 1 spiro atoms. The van der Waals surface area contributed by atoms with Gasteiger partial charge >= 0.3 is 0 Å². The van der Waals surface area contributed by atoms with Crippen LogP contribution in [0.4, 0.5) is 0 Å². The molecule has 1 aliphatic carbocycles. The first-order chi connectivity index (χ1) is 10.2. The fraction of sp³-hybridized carbons (Fsp3) is 0.529. The summed E-state index contributed by atoms with van der Waals surface area (Å²) >= 11 is 0. The zero-order valence-corrected chi connectivity index (χ0v) is 12.3. The third-order valence-electron chi connectivity index (χ3n) is 4.81. The molecule has 2 aliphatic rings. The minimum Gasteiger partial charge on any atom is -0.373 e. The number of allylic oxidation sites excluding steroid dienone is 1. The highest BCUT2D eigenvalue weighted by Crippen LogP contribution is 2.47. The van der Waals surface area contributed by atoms with Crippen molar-refractivity contribution in [3.05, 3.63) is 42.2 Å². The van der Waals surface area contributed by atoms with E-state index in [-0.39, 0.29) is 5.60 Å². The molecule has 1 aromatic heterocycles. The largest absolute Gasteiger partial charge is 0.373 e. The predicted octanol–water partition coefficient (Wildman–Crippen LogP) is 2.43. The first-order valence-electron chi connectivity index (χ1n) is 7.46. The lowest BCUT2D eigenvalue weighted by molar-refractivity contribution is -0.134. The molecule has 112 valence electrons. The molecule has 1 aromatic rings. The topological polar surface area (TPSA) is 48.4 Å². The maximum Gasteiger partial charge on any atom is 0.149 e. The zero-order valence-electron chi connectivity index (χ0n) is 12.3. The van der Waals surface area contributed by atoms with Crippen LogP contribution in [0.25, 0.3) is 0 Å². The average Bonchev–Trinajstić information content (AvgIpc) is 2.97. The molecule has 2 heterocycles. The summed E-state index contributed by atoms with van der Waals surface area (Å²) in [5.74, 6) is 0. The van der Waals surface area contributed by atoms with Crippen LogP contribution < -0.4 is 0 Å². The third-order valence-corrected chi connectivity index (χ3v) is 4.81. The summed E-state index contributed by atoms with van der Waals surface area (Å²) in [5.41, 5.74) is 0.243. The summed E-state index contributed by atoms with van der Waals surface area (Å²) in [4.78, 5) is 16.1. The molecule has 0 bridgehead atoms. The molecular formula is C17H21NO3. The smallest absolute Gasteiger partial charge is 0.149 e. The first kappa shape index (κ1) is 14.4. The summed E-state index contributed by atoms with van der Waals surface area (Å²) < 4.78 is 11.6. The number of methoxy groups -OCH3 is 1. The van der Waals surface area contributed by atoms with Crippen molar-refractivity contribution in [3.8, 4) is 0 Å². The lowest BCUT2D eigenvalue weighted by Crippen LogP contribution is -2.53. The molecule has 1 fully saturated rings. The Kier molecular flexibility index (Phi) is 3.91. The Labute approximate surface area is 125 Å². The van der Waals surface area contributed by atoms with Crippen molar-refractivity contribution in [1.29, 1.82) is 0 Å². The van der Waals surface area contributed by atoms with E-state index in [0.717, 1.165) is 37.7 Å². The van der Waals surface area contributed by atoms with E-state index >= 15 is 0 Å². The number of carbonyl (C=O) groups is 1. The van der Waals surface area contributed by atoms with Crippen LogP contribution in [0.2, 0.25) is 0 Å². The van der Waals surface area contributed by atoms with Crippen LogP contribution >= 0.6 is 0 Å². The molecule has 3 rings (SSSR count). The Balaban J connectivity index is 2.04. The number of carbonyl (C=O) groups excluding carboxylic acids is 1. The fourth-order valence-electron chi connectivity index (χ4n) is 3.76. The molecule has 0 radical (unpaired) electrons. The van der Waals surface area contributed by atoms with Crippen molar-refractivity contribution in [2.45, 2.75) is 42.8 Å². The summed E-state index contributed by atoms with van der Waals surface area (Å²) in [7, 11) is 1.59. The van der Waals surface area contributed by atoms with Gasteiger partial charge in [-0.2, -0.15) is 0 Å². The number of aromatic nitrogens is 1. The lowest BCUT2D eigenvalue weighted by atomic mass is 9.67. The molecule has 21 heavy (non-hydrogen) atoms. The van der Waals surface area contributed by atoms with Gasteiger partial charge in [-0.1, -0.05) is 18.2 Å². The molecule has 1 aliphatic heterocycles. The number of hydrogen-bond donors (Lipinski definition) is 0. The Morgan fingerprint density at radius 1 is 1.43 bits per heavy atom. The van der Waals surface area contributed by atoms with Gasteiger partial charge in [0.25, 0.3) is 0 Å². The van der Waals surface area contributed by atoms with Gasteiger partial charge in [0.05, 0.1) is 11.0 Å². The number of aldehydes is 1. The average molecular weight is 287 g/mol. The Bertz CT molecular complexity index is 530. The molecule has 2 unspecified atom stereocenters. The van der Waals surface area contributed by atoms with Gasteiger partial charge in [0.1, 0.15) is 12.4 Å². The predicted molar refractivity (Wildman–Crippen MR) is 79.1 cm³/mol. The van der Waals surface area contributed by atoms with Crippen LogP contribution in [0.5, 0.6) is 0 Å². The minimum atomic E-state index is -0.498. The van der Waals surface area contributed by atoms with Crippen LogP contribution in [0.1, 0.15) is 31.4 Å². The summed E-state index contributed by atoms with van der Waals surface area (Å²) in [5, 5.41) is 0. The number of rotatable bonds is 4. The van der Waals surface area contributed by atoms with Crippen molar-refractivity contribution in [2.24, 2.45) is 0 Å². The van der Waals surface area contributed by atoms with E-state index in [1.54, 1.807) is 13.3 Å². The van der Waals surface area contributed by atoms with E-state index in [1.807, 2.05) is 18.2 Å². The quantitative estimate of drug-likeness (QED) is 0.630. The van der Waals surface area contributed by atoms with Gasteiger partial charge in [0, 0.05) is 25.6 Å². The molecule has 3 atom stereocenters. The van der Waals surface area contributed by atoms with Crippen LogP contribution in [0.15, 0.2) is 36.5 Å². The molecule has 4 heteroatoms. The normalized spacial score (nSPS) is 33.2. The second kappa shape index (κ2) is 5.70. The molecule has 4 nitrogen and oxygen atoms in total. The highest BCUT2D eigenvalue weighted by molar-refractivity contribution is 5.60. The van der Waals surface area contributed by atoms with Crippen molar-refractivity contribution in [3.63, 3.8) is 0 Å². The van der Waals surface area contributed by atoms with Crippen LogP contribution in [-0.2, 0) is 19.7 Å². The fourth-order valence-corrected chi connectivity index (χ4v) is 3.76. The second-order valence-electron chi connectivity index (χ2n) is 5.94. The second-order valence-corrected chi connectivity index (χ2v) is 5.94. The summed E-state index contributed by atoms with van der Waals surface area (Å²) in [6.07, 6.45) is 9.99. The molecule has 0 aromatic carbocycles. The van der Waals surface area contributed by atoms with Crippen molar-refractivity contribution in [2.75, 3.05) is 13.7 Å². The summed E-state index contributed by atoms with van der Waals surface area (Å²) in [6, 6.07) is 5.85. The molecule has 0 N–H and O–H groups in total. The van der Waals surface area contributed by atoms with Gasteiger partial charge in [-0.15, -0.1) is 0 Å². The summed E-state index contributed by atoms with van der Waals surface area (Å²) in [6.45, 7) is 0.620. The van der Waals surface area contributed by atoms with Gasteiger partial charge in [-0.25, -0.2) is 0 Å². The maximum atomic E-state index is 11.6. The van der Waals surface area contributed by atoms with Gasteiger partial charge in [0.15, 0.2) is 0 Å². The van der Waals surface area contributed by atoms with Crippen molar-refractivity contribution < 1.29 is 14.3 Å². The first-order valence-corrected chi connectivity index (χ1v) is 7.46. The standard InChI is InChI=1S/C17H21NO3/c1-20-15(12-19)17(14-6-2-5-10-18-14)9-11-21-16(13-17)7-3-4-8-16/h2-3,5-7,10,12,15H,4,8-9,11,13H2,1H3/t15-,16?,17?/m0/s1. The van der Waals surface area contributed by atoms with E-state index in [4.69, 9.17) is 9.47 Å². The van der Waals surface area contributed by atoms with Crippen LogP contribution in [0.3, 0.4) is 0 Å². The lowest BCUT2D eigenvalue weighted by Gasteiger charge is -2.47. The van der Waals surface area contributed by atoms with E-state index in [9.17, 15) is 4.79 Å².